The van der Waals surface area contributed by atoms with E-state index in [4.69, 9.17) is 9.47 Å². The lowest BCUT2D eigenvalue weighted by molar-refractivity contribution is -0.368. The highest BCUT2D eigenvalue weighted by atomic mass is 32.1. The van der Waals surface area contributed by atoms with Crippen LogP contribution in [0.5, 0.6) is 5.75 Å². The number of benzene rings is 6. The van der Waals surface area contributed by atoms with Crippen LogP contribution in [0.1, 0.15) is 65.1 Å². The molecule has 7 aromatic rings. The fraction of sp³-hybridized carbons (Fsp3) is 0.304. The van der Waals surface area contributed by atoms with Crippen molar-refractivity contribution in [1.29, 1.82) is 0 Å². The summed E-state index contributed by atoms with van der Waals surface area (Å²) < 4.78 is 15.0. The number of nitrogens with zero attached hydrogens (tertiary/aromatic N) is 1. The zero-order chi connectivity index (χ0) is 46.5. The molecule has 1 aromatic heterocycles. The Balaban J connectivity index is 1.34. The van der Waals surface area contributed by atoms with E-state index in [9.17, 15) is 30.3 Å². The van der Waals surface area contributed by atoms with Crippen LogP contribution in [-0.2, 0) is 36.8 Å². The van der Waals surface area contributed by atoms with E-state index in [0.29, 0.717) is 34.4 Å². The van der Waals surface area contributed by atoms with Crippen LogP contribution in [0, 0.1) is 0 Å². The first-order valence-electron chi connectivity index (χ1n) is 22.6. The molecule has 6 atom stereocenters. The Morgan fingerprint density at radius 1 is 0.682 bits per heavy atom. The molecule has 1 fully saturated rings. The minimum absolute atomic E-state index is 0.0365. The van der Waals surface area contributed by atoms with Crippen LogP contribution in [0.25, 0.3) is 10.1 Å². The molecule has 9 nitrogen and oxygen atoms in total. The van der Waals surface area contributed by atoms with Crippen LogP contribution in [-0.4, -0.2) is 84.2 Å². The number of carboxylic acid groups (broad SMARTS) is 1. The topological polar surface area (TPSA) is 140 Å². The van der Waals surface area contributed by atoms with Crippen molar-refractivity contribution in [3.05, 3.63) is 208 Å². The molecule has 8 rings (SSSR count). The predicted octanol–water partition coefficient (Wildman–Crippen LogP) is 9.61. The van der Waals surface area contributed by atoms with Crippen molar-refractivity contribution in [2.24, 2.45) is 0 Å². The summed E-state index contributed by atoms with van der Waals surface area (Å²) in [5.74, 6) is 0.303. The highest BCUT2D eigenvalue weighted by molar-refractivity contribution is 7.19. The van der Waals surface area contributed by atoms with Gasteiger partial charge in [0.25, 0.3) is 0 Å². The third-order valence-electron chi connectivity index (χ3n) is 13.0. The van der Waals surface area contributed by atoms with Gasteiger partial charge in [0.05, 0.1) is 12.6 Å². The fourth-order valence-corrected chi connectivity index (χ4v) is 10.8. The maximum absolute atomic E-state index is 14.2. The number of carbonyl (C=O) groups is 1. The first-order chi connectivity index (χ1) is 31.7. The molecule has 342 valence electrons. The lowest BCUT2D eigenvalue weighted by atomic mass is 9.56. The number of aliphatic hydroxyl groups is 4. The van der Waals surface area contributed by atoms with E-state index in [2.05, 4.69) is 18.2 Å². The van der Waals surface area contributed by atoms with E-state index in [1.807, 2.05) is 172 Å². The van der Waals surface area contributed by atoms with E-state index in [0.717, 1.165) is 26.1 Å². The largest absolute Gasteiger partial charge is 0.491 e. The first kappa shape index (κ1) is 46.7. The molecule has 0 bridgehead atoms. The van der Waals surface area contributed by atoms with Gasteiger partial charge in [0.2, 0.25) is 0 Å². The van der Waals surface area contributed by atoms with E-state index in [1.54, 1.807) is 11.3 Å². The molecule has 10 heteroatoms. The van der Waals surface area contributed by atoms with Crippen molar-refractivity contribution in [3.63, 3.8) is 0 Å². The number of rotatable bonds is 16. The summed E-state index contributed by atoms with van der Waals surface area (Å²) >= 11 is 1.69. The van der Waals surface area contributed by atoms with Crippen molar-refractivity contribution in [2.45, 2.75) is 93.5 Å². The average Bonchev–Trinajstić information content (AvgIpc) is 3.71. The molecular weight excluding hydrogens is 847 g/mol. The Hall–Kier alpha value is -5.85. The van der Waals surface area contributed by atoms with Gasteiger partial charge in [-0.15, -0.1) is 11.3 Å². The fourth-order valence-electron chi connectivity index (χ4n) is 9.73. The SMILES string of the molecule is CC(C)(C)N(CCOc1ccc(Cc2cc3ccccc3s2)cc1[C@@H]1O[C@H](C(O)Cc2ccccc2)[C@](O)(Cc2ccccc2)[C@@](O)(Cc2ccccc2)[C@]1(O)Cc1ccccc1)C(=O)O. The minimum atomic E-state index is -2.43. The van der Waals surface area contributed by atoms with Gasteiger partial charge >= 0.3 is 6.09 Å². The van der Waals surface area contributed by atoms with Gasteiger partial charge in [0.1, 0.15) is 41.4 Å². The van der Waals surface area contributed by atoms with Crippen LogP contribution >= 0.6 is 11.3 Å². The summed E-state index contributed by atoms with van der Waals surface area (Å²) in [6.45, 7) is 5.46. The second-order valence-electron chi connectivity index (χ2n) is 18.6. The number of thiophene rings is 1. The van der Waals surface area contributed by atoms with Crippen LogP contribution in [0.15, 0.2) is 170 Å². The smallest absolute Gasteiger partial charge is 0.407 e. The Labute approximate surface area is 391 Å². The van der Waals surface area contributed by atoms with Gasteiger partial charge in [-0.3, -0.25) is 0 Å². The average molecular weight is 906 g/mol. The molecule has 5 N–H and O–H groups in total. The molecule has 1 aliphatic rings. The van der Waals surface area contributed by atoms with Crippen molar-refractivity contribution < 1.29 is 39.8 Å². The minimum Gasteiger partial charge on any atom is -0.491 e. The number of hydrogen-bond acceptors (Lipinski definition) is 8. The number of ether oxygens (including phenoxy) is 2. The third-order valence-corrected chi connectivity index (χ3v) is 14.1. The van der Waals surface area contributed by atoms with Crippen molar-refractivity contribution in [1.82, 2.24) is 4.90 Å². The predicted molar refractivity (Wildman–Crippen MR) is 260 cm³/mol. The van der Waals surface area contributed by atoms with Crippen LogP contribution in [0.3, 0.4) is 0 Å². The normalized spacial score (nSPS) is 22.5. The number of fused-ring (bicyclic) bond motifs is 1. The van der Waals surface area contributed by atoms with Crippen molar-refractivity contribution in [2.75, 3.05) is 13.2 Å². The number of amides is 1. The standard InChI is InChI=1S/C56H59NO8S/c1-53(2,3)57(52(59)60)30-31-64-48-29-28-43(32-45-35-44-26-16-17-27-49(44)66-45)33-46(48)50-54(61,36-40-20-10-5-11-21-40)56(63,38-42-24-14-7-15-25-42)55(62,37-41-22-12-6-13-23-41)51(65-50)47(58)34-39-18-8-4-9-19-39/h4-29,33,35,47,50-51,58,61-63H,30-32,34,36-38H2,1-3H3,(H,59,60)/t47?,50-,51+,54-,55+,56+/m0/s1. The second kappa shape index (κ2) is 19.5. The van der Waals surface area contributed by atoms with Crippen LogP contribution < -0.4 is 4.74 Å². The van der Waals surface area contributed by atoms with E-state index in [-0.39, 0.29) is 38.8 Å². The summed E-state index contributed by atoms with van der Waals surface area (Å²) in [7, 11) is 0. The Bertz CT molecular complexity index is 2660. The van der Waals surface area contributed by atoms with Crippen LogP contribution in [0.2, 0.25) is 0 Å². The summed E-state index contributed by atoms with van der Waals surface area (Å²) in [6, 6.07) is 53.4. The lowest BCUT2D eigenvalue weighted by Crippen LogP contribution is -2.81. The van der Waals surface area contributed by atoms with Gasteiger partial charge in [-0.1, -0.05) is 146 Å². The molecular formula is C56H59NO8S. The molecule has 0 radical (unpaired) electrons. The van der Waals surface area contributed by atoms with Gasteiger partial charge in [-0.25, -0.2) is 4.79 Å². The Morgan fingerprint density at radius 3 is 1.77 bits per heavy atom. The number of aliphatic hydroxyl groups excluding tert-OH is 1. The molecule has 0 aliphatic carbocycles. The summed E-state index contributed by atoms with van der Waals surface area (Å²) in [4.78, 5) is 14.8. The highest BCUT2D eigenvalue weighted by Gasteiger charge is 2.72. The maximum Gasteiger partial charge on any atom is 0.407 e. The third kappa shape index (κ3) is 9.81. The van der Waals surface area contributed by atoms with Crippen molar-refractivity contribution >= 4 is 27.5 Å². The molecule has 2 heterocycles. The van der Waals surface area contributed by atoms with E-state index in [1.165, 1.54) is 4.90 Å². The first-order valence-corrected chi connectivity index (χ1v) is 23.4. The summed E-state index contributed by atoms with van der Waals surface area (Å²) in [6.07, 6.45) is -5.33. The van der Waals surface area contributed by atoms with E-state index < -0.39 is 46.7 Å². The zero-order valence-corrected chi connectivity index (χ0v) is 38.5. The quantitative estimate of drug-likeness (QED) is 0.0647. The molecule has 1 saturated heterocycles. The van der Waals surface area contributed by atoms with Gasteiger partial charge in [0, 0.05) is 52.8 Å². The van der Waals surface area contributed by atoms with Crippen molar-refractivity contribution in [3.8, 4) is 5.75 Å². The summed E-state index contributed by atoms with van der Waals surface area (Å²) in [5.41, 5.74) is -3.73. The molecule has 6 aromatic carbocycles. The van der Waals surface area contributed by atoms with Crippen LogP contribution in [0.4, 0.5) is 4.79 Å². The Kier molecular flexibility index (Phi) is 13.8. The van der Waals surface area contributed by atoms with Gasteiger partial charge in [-0.05, 0) is 78.2 Å². The molecule has 1 amide bonds. The molecule has 1 unspecified atom stereocenters. The van der Waals surface area contributed by atoms with Gasteiger partial charge < -0.3 is 39.9 Å². The second-order valence-corrected chi connectivity index (χ2v) is 19.8. The lowest BCUT2D eigenvalue weighted by Gasteiger charge is -2.62. The van der Waals surface area contributed by atoms with Gasteiger partial charge in [0.15, 0.2) is 0 Å². The molecule has 0 spiro atoms. The monoisotopic (exact) mass is 905 g/mol. The maximum atomic E-state index is 14.2. The molecule has 1 aliphatic heterocycles. The zero-order valence-electron chi connectivity index (χ0n) is 37.7. The Morgan fingerprint density at radius 2 is 1.21 bits per heavy atom. The summed E-state index contributed by atoms with van der Waals surface area (Å²) in [5, 5.41) is 66.1. The molecule has 66 heavy (non-hydrogen) atoms. The van der Waals surface area contributed by atoms with Gasteiger partial charge in [-0.2, -0.15) is 0 Å². The van der Waals surface area contributed by atoms with E-state index >= 15 is 0 Å². The highest BCUT2D eigenvalue weighted by Crippen LogP contribution is 2.56. The molecule has 0 saturated carbocycles. The number of hydrogen-bond donors (Lipinski definition) is 5.